The first-order valence-electron chi connectivity index (χ1n) is 7.52. The Balaban J connectivity index is 0.000000647. The minimum absolute atomic E-state index is 0.210. The van der Waals surface area contributed by atoms with Crippen LogP contribution in [0.25, 0.3) is 0 Å². The third-order valence-corrected chi connectivity index (χ3v) is 3.94. The second-order valence-electron chi connectivity index (χ2n) is 5.39. The maximum Gasteiger partial charge on any atom is 0.290 e. The third-order valence-electron chi connectivity index (χ3n) is 3.94. The largest absolute Gasteiger partial charge is 0.483 e. The highest BCUT2D eigenvalue weighted by Gasteiger charge is 2.47. The Bertz CT molecular complexity index is 645. The predicted molar refractivity (Wildman–Crippen MR) is 81.8 cm³/mol. The summed E-state index contributed by atoms with van der Waals surface area (Å²) in [6.45, 7) is 2.69. The van der Waals surface area contributed by atoms with Crippen molar-refractivity contribution in [1.29, 1.82) is 0 Å². The van der Waals surface area contributed by atoms with Gasteiger partial charge in [-0.05, 0) is 13.0 Å². The third kappa shape index (κ3) is 3.81. The van der Waals surface area contributed by atoms with Gasteiger partial charge in [-0.25, -0.2) is 0 Å². The summed E-state index contributed by atoms with van der Waals surface area (Å²) in [7, 11) is 0. The molecule has 2 aliphatic heterocycles. The lowest BCUT2D eigenvalue weighted by molar-refractivity contribution is -0.122. The lowest BCUT2D eigenvalue weighted by atomic mass is 10.1. The first-order chi connectivity index (χ1) is 11.5. The molecule has 1 amide bonds. The first kappa shape index (κ1) is 18.1. The van der Waals surface area contributed by atoms with Crippen molar-refractivity contribution in [2.75, 3.05) is 13.2 Å². The molecular weight excluding hydrogens is 320 g/mol. The summed E-state index contributed by atoms with van der Waals surface area (Å²) in [6, 6.07) is 2.61. The van der Waals surface area contributed by atoms with Crippen molar-refractivity contribution in [2.45, 2.75) is 37.8 Å². The van der Waals surface area contributed by atoms with Gasteiger partial charge in [-0.15, -0.1) is 0 Å². The molecule has 2 fully saturated rings. The van der Waals surface area contributed by atoms with Crippen LogP contribution in [0, 0.1) is 0 Å². The number of hydrogen-bond acceptors (Lipinski definition) is 6. The molecule has 0 spiro atoms. The molecule has 2 saturated heterocycles. The summed E-state index contributed by atoms with van der Waals surface area (Å²) in [5, 5.41) is 19.3. The summed E-state index contributed by atoms with van der Waals surface area (Å²) >= 11 is 0. The molecule has 9 heteroatoms. The molecule has 1 aromatic heterocycles. The number of aromatic nitrogens is 1. The minimum Gasteiger partial charge on any atom is -0.483 e. The zero-order valence-corrected chi connectivity index (χ0v) is 13.1. The van der Waals surface area contributed by atoms with E-state index in [1.165, 1.54) is 10.6 Å². The molecule has 1 aromatic rings. The fraction of sp³-hybridized carbons (Fsp3) is 0.533. The molecular formula is C15H20N2O7. The van der Waals surface area contributed by atoms with Crippen LogP contribution < -0.4 is 10.9 Å². The van der Waals surface area contributed by atoms with Gasteiger partial charge in [0.25, 0.3) is 17.9 Å². The SMILES string of the molecule is CCn1ccc(C(=O)N[C@@H]2CO[C@H]3[C@@H]2OC[C@H]3O)cc1=O.O=CO. The van der Waals surface area contributed by atoms with Crippen molar-refractivity contribution in [3.8, 4) is 0 Å². The molecule has 0 aliphatic carbocycles. The molecule has 0 aromatic carbocycles. The Morgan fingerprint density at radius 2 is 2.08 bits per heavy atom. The average molecular weight is 340 g/mol. The molecule has 3 heterocycles. The Labute approximate surface area is 137 Å². The summed E-state index contributed by atoms with van der Waals surface area (Å²) in [5.74, 6) is -0.338. The van der Waals surface area contributed by atoms with Crippen molar-refractivity contribution in [2.24, 2.45) is 0 Å². The second-order valence-corrected chi connectivity index (χ2v) is 5.39. The number of carbonyl (C=O) groups is 2. The number of aryl methyl sites for hydroxylation is 1. The second kappa shape index (κ2) is 8.04. The fourth-order valence-electron chi connectivity index (χ4n) is 2.76. The quantitative estimate of drug-likeness (QED) is 0.591. The van der Waals surface area contributed by atoms with E-state index in [0.29, 0.717) is 18.7 Å². The lowest BCUT2D eigenvalue weighted by Gasteiger charge is -2.17. The minimum atomic E-state index is -0.648. The zero-order valence-electron chi connectivity index (χ0n) is 13.1. The van der Waals surface area contributed by atoms with Crippen molar-refractivity contribution < 1.29 is 29.3 Å². The Morgan fingerprint density at radius 3 is 2.71 bits per heavy atom. The molecule has 3 N–H and O–H groups in total. The number of aliphatic hydroxyl groups is 1. The predicted octanol–water partition coefficient (Wildman–Crippen LogP) is -1.17. The average Bonchev–Trinajstić information content (AvgIpc) is 3.12. The van der Waals surface area contributed by atoms with E-state index in [2.05, 4.69) is 5.32 Å². The summed E-state index contributed by atoms with van der Waals surface area (Å²) in [5.41, 5.74) is 0.102. The highest BCUT2D eigenvalue weighted by molar-refractivity contribution is 5.94. The van der Waals surface area contributed by atoms with E-state index in [9.17, 15) is 14.7 Å². The van der Waals surface area contributed by atoms with Crippen LogP contribution in [0.15, 0.2) is 23.1 Å². The van der Waals surface area contributed by atoms with Crippen LogP contribution in [0.2, 0.25) is 0 Å². The normalized spacial score (nSPS) is 27.8. The molecule has 9 nitrogen and oxygen atoms in total. The maximum atomic E-state index is 12.2. The van der Waals surface area contributed by atoms with Crippen LogP contribution in [-0.2, 0) is 20.8 Å². The molecule has 24 heavy (non-hydrogen) atoms. The Hall–Kier alpha value is -2.23. The van der Waals surface area contributed by atoms with Gasteiger partial charge in [0.2, 0.25) is 0 Å². The van der Waals surface area contributed by atoms with E-state index >= 15 is 0 Å². The monoisotopic (exact) mass is 340 g/mol. The van der Waals surface area contributed by atoms with Crippen molar-refractivity contribution in [3.63, 3.8) is 0 Å². The molecule has 0 bridgehead atoms. The first-order valence-corrected chi connectivity index (χ1v) is 7.52. The van der Waals surface area contributed by atoms with Crippen LogP contribution >= 0.6 is 0 Å². The smallest absolute Gasteiger partial charge is 0.290 e. The van der Waals surface area contributed by atoms with Crippen LogP contribution in [-0.4, -0.2) is 64.7 Å². The molecule has 3 rings (SSSR count). The van der Waals surface area contributed by atoms with Crippen LogP contribution in [0.3, 0.4) is 0 Å². The van der Waals surface area contributed by atoms with Crippen molar-refractivity contribution >= 4 is 12.4 Å². The molecule has 0 saturated carbocycles. The molecule has 0 radical (unpaired) electrons. The number of hydrogen-bond donors (Lipinski definition) is 3. The van der Waals surface area contributed by atoms with E-state index in [1.807, 2.05) is 6.92 Å². The number of pyridine rings is 1. The van der Waals surface area contributed by atoms with Gasteiger partial charge in [-0.1, -0.05) is 0 Å². The number of carboxylic acid groups (broad SMARTS) is 1. The number of nitrogens with one attached hydrogen (secondary N) is 1. The van der Waals surface area contributed by atoms with Gasteiger partial charge < -0.3 is 29.6 Å². The molecule has 2 aliphatic rings. The van der Waals surface area contributed by atoms with Gasteiger partial charge in [0, 0.05) is 24.4 Å². The zero-order chi connectivity index (χ0) is 17.7. The summed E-state index contributed by atoms with van der Waals surface area (Å²) < 4.78 is 12.4. The highest BCUT2D eigenvalue weighted by atomic mass is 16.6. The maximum absolute atomic E-state index is 12.2. The number of rotatable bonds is 3. The lowest BCUT2D eigenvalue weighted by Crippen LogP contribution is -2.44. The van der Waals surface area contributed by atoms with E-state index in [4.69, 9.17) is 19.4 Å². The number of carbonyl (C=O) groups excluding carboxylic acids is 1. The number of amides is 1. The van der Waals surface area contributed by atoms with E-state index in [0.717, 1.165) is 0 Å². The van der Waals surface area contributed by atoms with Gasteiger partial charge in [-0.2, -0.15) is 0 Å². The highest BCUT2D eigenvalue weighted by Crippen LogP contribution is 2.27. The molecule has 4 atom stereocenters. The number of ether oxygens (including phenoxy) is 2. The number of nitrogens with zero attached hydrogens (tertiary/aromatic N) is 1. The van der Waals surface area contributed by atoms with Crippen molar-refractivity contribution in [3.05, 3.63) is 34.2 Å². The van der Waals surface area contributed by atoms with E-state index in [-0.39, 0.29) is 42.8 Å². The molecule has 0 unspecified atom stereocenters. The standard InChI is InChI=1S/C14H18N2O5.CH2O2/c1-2-16-4-3-8(5-11(16)18)14(19)15-9-6-20-13-10(17)7-21-12(9)13;2-1-3/h3-5,9-10,12-13,17H,2,6-7H2,1H3,(H,15,19);1H,(H,2,3)/t9-,10-,12-,13-;/m1./s1. The van der Waals surface area contributed by atoms with Gasteiger partial charge >= 0.3 is 0 Å². The number of fused-ring (bicyclic) bond motifs is 1. The Kier molecular flexibility index (Phi) is 6.07. The number of aliphatic hydroxyl groups excluding tert-OH is 1. The van der Waals surface area contributed by atoms with Gasteiger partial charge in [0.1, 0.15) is 18.3 Å². The van der Waals surface area contributed by atoms with Crippen molar-refractivity contribution in [1.82, 2.24) is 9.88 Å². The topological polar surface area (TPSA) is 127 Å². The van der Waals surface area contributed by atoms with Gasteiger partial charge in [0.05, 0.1) is 19.3 Å². The Morgan fingerprint density at radius 1 is 1.42 bits per heavy atom. The van der Waals surface area contributed by atoms with Crippen LogP contribution in [0.4, 0.5) is 0 Å². The van der Waals surface area contributed by atoms with Crippen LogP contribution in [0.1, 0.15) is 17.3 Å². The molecule has 132 valence electrons. The van der Waals surface area contributed by atoms with Gasteiger partial charge in [-0.3, -0.25) is 14.4 Å². The summed E-state index contributed by atoms with van der Waals surface area (Å²) in [4.78, 5) is 32.3. The van der Waals surface area contributed by atoms with Gasteiger partial charge in [0.15, 0.2) is 0 Å². The summed E-state index contributed by atoms with van der Waals surface area (Å²) in [6.07, 6.45) is 0.231. The van der Waals surface area contributed by atoms with Crippen LogP contribution in [0.5, 0.6) is 0 Å². The fourth-order valence-corrected chi connectivity index (χ4v) is 2.76. The van der Waals surface area contributed by atoms with E-state index in [1.54, 1.807) is 12.3 Å². The van der Waals surface area contributed by atoms with E-state index < -0.39 is 6.10 Å².